The van der Waals surface area contributed by atoms with E-state index in [1.807, 2.05) is 0 Å². The molecule has 17 heavy (non-hydrogen) atoms. The monoisotopic (exact) mass is 238 g/mol. The number of carboxylic acid groups (broad SMARTS) is 1. The van der Waals surface area contributed by atoms with Gasteiger partial charge >= 0.3 is 11.9 Å². The third kappa shape index (κ3) is 2.68. The Kier molecular flexibility index (Phi) is 3.50. The van der Waals surface area contributed by atoms with Gasteiger partial charge in [-0.15, -0.1) is 0 Å². The van der Waals surface area contributed by atoms with Crippen LogP contribution < -0.4 is 0 Å². The molecule has 2 aliphatic carbocycles. The van der Waals surface area contributed by atoms with Crippen LogP contribution in [-0.4, -0.2) is 23.1 Å². The van der Waals surface area contributed by atoms with Crippen molar-refractivity contribution in [3.05, 3.63) is 12.2 Å². The first kappa shape index (κ1) is 12.1. The second kappa shape index (κ2) is 4.90. The number of hydrogen-bond acceptors (Lipinski definition) is 3. The van der Waals surface area contributed by atoms with Gasteiger partial charge in [0.15, 0.2) is 0 Å². The van der Waals surface area contributed by atoms with E-state index in [1.54, 1.807) is 0 Å². The van der Waals surface area contributed by atoms with Gasteiger partial charge in [0.25, 0.3) is 0 Å². The molecule has 0 amide bonds. The number of ether oxygens (including phenoxy) is 1. The van der Waals surface area contributed by atoms with Crippen molar-refractivity contribution in [2.75, 3.05) is 0 Å². The molecule has 4 heteroatoms. The van der Waals surface area contributed by atoms with E-state index in [4.69, 9.17) is 9.84 Å². The molecule has 0 aliphatic heterocycles. The molecule has 0 bridgehead atoms. The molecule has 0 radical (unpaired) electrons. The summed E-state index contributed by atoms with van der Waals surface area (Å²) in [7, 11) is 0. The minimum Gasteiger partial charge on any atom is -0.478 e. The molecule has 2 rings (SSSR count). The Labute approximate surface area is 101 Å². The number of carbonyl (C=O) groups is 2. The highest BCUT2D eigenvalue weighted by Gasteiger charge is 2.44. The van der Waals surface area contributed by atoms with Crippen LogP contribution in [0.1, 0.15) is 32.6 Å². The van der Waals surface area contributed by atoms with E-state index in [0.717, 1.165) is 37.3 Å². The number of aliphatic carboxylic acids is 1. The van der Waals surface area contributed by atoms with E-state index in [1.165, 1.54) is 6.42 Å². The fraction of sp³-hybridized carbons (Fsp3) is 0.692. The fourth-order valence-corrected chi connectivity index (χ4v) is 3.31. The second-order valence-corrected chi connectivity index (χ2v) is 5.11. The summed E-state index contributed by atoms with van der Waals surface area (Å²) in [5, 5.41) is 8.41. The van der Waals surface area contributed by atoms with Crippen LogP contribution in [0.2, 0.25) is 0 Å². The molecule has 0 aromatic heterocycles. The van der Waals surface area contributed by atoms with Crippen LogP contribution in [-0.2, 0) is 14.3 Å². The van der Waals surface area contributed by atoms with Crippen LogP contribution in [0.25, 0.3) is 0 Å². The molecule has 2 saturated carbocycles. The molecule has 94 valence electrons. The molecule has 0 unspecified atom stereocenters. The molecule has 0 aromatic carbocycles. The lowest BCUT2D eigenvalue weighted by Gasteiger charge is -2.18. The number of carboxylic acids is 1. The number of carbonyl (C=O) groups excluding carboxylic acids is 1. The highest BCUT2D eigenvalue weighted by molar-refractivity contribution is 5.90. The van der Waals surface area contributed by atoms with Crippen LogP contribution in [0.15, 0.2) is 12.2 Å². The summed E-state index contributed by atoms with van der Waals surface area (Å²) in [5.74, 6) is 0.264. The summed E-state index contributed by atoms with van der Waals surface area (Å²) in [6.07, 6.45) is 6.22. The maximum Gasteiger partial charge on any atom is 0.331 e. The van der Waals surface area contributed by atoms with Gasteiger partial charge in [0.1, 0.15) is 6.10 Å². The quantitative estimate of drug-likeness (QED) is 0.603. The predicted octanol–water partition coefficient (Wildman–Crippen LogP) is 2.00. The summed E-state index contributed by atoms with van der Waals surface area (Å²) in [6, 6.07) is 0. The first-order chi connectivity index (χ1) is 8.08. The zero-order valence-electron chi connectivity index (χ0n) is 9.96. The Bertz CT molecular complexity index is 347. The molecule has 0 aromatic rings. The molecule has 1 N–H and O–H groups in total. The summed E-state index contributed by atoms with van der Waals surface area (Å²) in [6.45, 7) is 2.26. The SMILES string of the molecule is C[C@@H]1CC[C@H]2[C@@H]1CC[C@H]2OC(=O)/C=C\C(=O)O. The maximum absolute atomic E-state index is 11.4. The highest BCUT2D eigenvalue weighted by atomic mass is 16.5. The molecule has 0 saturated heterocycles. The van der Waals surface area contributed by atoms with Gasteiger partial charge in [-0.25, -0.2) is 9.59 Å². The second-order valence-electron chi connectivity index (χ2n) is 5.11. The van der Waals surface area contributed by atoms with Crippen molar-refractivity contribution in [3.63, 3.8) is 0 Å². The van der Waals surface area contributed by atoms with E-state index < -0.39 is 11.9 Å². The van der Waals surface area contributed by atoms with E-state index in [0.29, 0.717) is 11.8 Å². The van der Waals surface area contributed by atoms with E-state index in [2.05, 4.69) is 6.92 Å². The number of fused-ring (bicyclic) bond motifs is 1. The minimum absolute atomic E-state index is 0.00380. The van der Waals surface area contributed by atoms with Crippen LogP contribution in [0, 0.1) is 17.8 Å². The minimum atomic E-state index is -1.12. The maximum atomic E-state index is 11.4. The summed E-state index contributed by atoms with van der Waals surface area (Å²) >= 11 is 0. The molecule has 4 nitrogen and oxygen atoms in total. The molecule has 0 heterocycles. The Morgan fingerprint density at radius 1 is 1.12 bits per heavy atom. The standard InChI is InChI=1S/C13H18O4/c1-8-2-3-10-9(8)4-5-11(10)17-13(16)7-6-12(14)15/h6-11H,2-5H2,1H3,(H,14,15)/b7-6-/t8-,9-,10+,11-/m1/s1. The lowest BCUT2D eigenvalue weighted by atomic mass is 9.93. The lowest BCUT2D eigenvalue weighted by molar-refractivity contribution is -0.145. The van der Waals surface area contributed by atoms with Gasteiger partial charge in [-0.1, -0.05) is 13.3 Å². The first-order valence-corrected chi connectivity index (χ1v) is 6.19. The van der Waals surface area contributed by atoms with Crippen molar-refractivity contribution in [2.24, 2.45) is 17.8 Å². The smallest absolute Gasteiger partial charge is 0.331 e. The zero-order valence-corrected chi connectivity index (χ0v) is 9.96. The molecular weight excluding hydrogens is 220 g/mol. The van der Waals surface area contributed by atoms with E-state index >= 15 is 0 Å². The van der Waals surface area contributed by atoms with Crippen LogP contribution in [0.3, 0.4) is 0 Å². The summed E-state index contributed by atoms with van der Waals surface area (Å²) in [5.41, 5.74) is 0. The zero-order chi connectivity index (χ0) is 12.4. The van der Waals surface area contributed by atoms with Gasteiger partial charge < -0.3 is 9.84 Å². The predicted molar refractivity (Wildman–Crippen MR) is 61.3 cm³/mol. The van der Waals surface area contributed by atoms with Gasteiger partial charge in [-0.05, 0) is 37.0 Å². The Morgan fingerprint density at radius 2 is 1.82 bits per heavy atom. The van der Waals surface area contributed by atoms with Crippen LogP contribution >= 0.6 is 0 Å². The largest absolute Gasteiger partial charge is 0.478 e. The average molecular weight is 238 g/mol. The number of esters is 1. The highest BCUT2D eigenvalue weighted by Crippen LogP contribution is 2.48. The number of hydrogen-bond donors (Lipinski definition) is 1. The van der Waals surface area contributed by atoms with E-state index in [9.17, 15) is 9.59 Å². The van der Waals surface area contributed by atoms with Gasteiger partial charge in [0.2, 0.25) is 0 Å². The lowest BCUT2D eigenvalue weighted by Crippen LogP contribution is -2.22. The van der Waals surface area contributed by atoms with Crippen molar-refractivity contribution in [1.29, 1.82) is 0 Å². The summed E-state index contributed by atoms with van der Waals surface area (Å²) in [4.78, 5) is 21.7. The molecule has 4 atom stereocenters. The van der Waals surface area contributed by atoms with Crippen molar-refractivity contribution >= 4 is 11.9 Å². The third-order valence-corrected chi connectivity index (χ3v) is 4.13. The van der Waals surface area contributed by atoms with Crippen molar-refractivity contribution < 1.29 is 19.4 Å². The number of rotatable bonds is 3. The molecule has 2 aliphatic rings. The van der Waals surface area contributed by atoms with Gasteiger partial charge in [0.05, 0.1) is 0 Å². The molecular formula is C13H18O4. The van der Waals surface area contributed by atoms with Gasteiger partial charge in [-0.2, -0.15) is 0 Å². The van der Waals surface area contributed by atoms with Crippen molar-refractivity contribution in [1.82, 2.24) is 0 Å². The third-order valence-electron chi connectivity index (χ3n) is 4.13. The average Bonchev–Trinajstić information content (AvgIpc) is 2.81. The van der Waals surface area contributed by atoms with Crippen LogP contribution in [0.4, 0.5) is 0 Å². The van der Waals surface area contributed by atoms with Gasteiger partial charge in [-0.3, -0.25) is 0 Å². The molecule has 0 spiro atoms. The van der Waals surface area contributed by atoms with E-state index in [-0.39, 0.29) is 6.10 Å². The van der Waals surface area contributed by atoms with Crippen molar-refractivity contribution in [2.45, 2.75) is 38.7 Å². The topological polar surface area (TPSA) is 63.6 Å². The summed E-state index contributed by atoms with van der Waals surface area (Å²) < 4.78 is 5.33. The normalized spacial score (nSPS) is 36.1. The van der Waals surface area contributed by atoms with Gasteiger partial charge in [0, 0.05) is 12.2 Å². The van der Waals surface area contributed by atoms with Crippen LogP contribution in [0.5, 0.6) is 0 Å². The Balaban J connectivity index is 1.88. The fourth-order valence-electron chi connectivity index (χ4n) is 3.31. The Hall–Kier alpha value is -1.32. The Morgan fingerprint density at radius 3 is 2.53 bits per heavy atom. The van der Waals surface area contributed by atoms with Crippen molar-refractivity contribution in [3.8, 4) is 0 Å². The molecule has 2 fully saturated rings. The first-order valence-electron chi connectivity index (χ1n) is 6.19.